The zero-order valence-corrected chi connectivity index (χ0v) is 9.60. The summed E-state index contributed by atoms with van der Waals surface area (Å²) in [5, 5.41) is 0. The molecule has 0 aliphatic carbocycles. The van der Waals surface area contributed by atoms with Crippen LogP contribution in [0.4, 0.5) is 0 Å². The first-order valence-electron chi connectivity index (χ1n) is 4.54. The zero-order valence-electron chi connectivity index (χ0n) is 8.79. The Labute approximate surface area is 121 Å². The Kier molecular flexibility index (Phi) is 8.77. The summed E-state index contributed by atoms with van der Waals surface area (Å²) in [6.45, 7) is 7.78. The van der Waals surface area contributed by atoms with Crippen molar-refractivity contribution in [1.82, 2.24) is 0 Å². The molecule has 1 aromatic rings. The van der Waals surface area contributed by atoms with Crippen molar-refractivity contribution >= 4 is 42.0 Å². The standard InChI is InChI=1S/C12H17N.ClH.Na.H/c1-4-7-10-8-5-6-9-11(10)12(2,3)13;;;/h4-6,8-9H,1,7,13H2,2-3H3;1H;;. The maximum absolute atomic E-state index is 6.05. The van der Waals surface area contributed by atoms with Crippen molar-refractivity contribution in [3.63, 3.8) is 0 Å². The van der Waals surface area contributed by atoms with Crippen LogP contribution in [0.15, 0.2) is 36.9 Å². The molecule has 1 nitrogen and oxygen atoms in total. The molecule has 0 aromatic heterocycles. The third-order valence-electron chi connectivity index (χ3n) is 2.08. The number of allylic oxidation sites excluding steroid dienone is 1. The van der Waals surface area contributed by atoms with Gasteiger partial charge in [-0.15, -0.1) is 19.0 Å². The molecule has 80 valence electrons. The summed E-state index contributed by atoms with van der Waals surface area (Å²) in [7, 11) is 0. The summed E-state index contributed by atoms with van der Waals surface area (Å²) in [5.41, 5.74) is 8.26. The van der Waals surface area contributed by atoms with E-state index in [0.717, 1.165) is 6.42 Å². The van der Waals surface area contributed by atoms with E-state index in [0.29, 0.717) is 0 Å². The van der Waals surface area contributed by atoms with Gasteiger partial charge in [0.05, 0.1) is 0 Å². The minimum atomic E-state index is -0.264. The molecule has 15 heavy (non-hydrogen) atoms. The molecule has 0 atom stereocenters. The summed E-state index contributed by atoms with van der Waals surface area (Å²) < 4.78 is 0. The number of rotatable bonds is 3. The summed E-state index contributed by atoms with van der Waals surface area (Å²) in [5.74, 6) is 0. The molecule has 0 aliphatic heterocycles. The van der Waals surface area contributed by atoms with E-state index in [2.05, 4.69) is 18.7 Å². The van der Waals surface area contributed by atoms with Crippen LogP contribution in [0.2, 0.25) is 0 Å². The monoisotopic (exact) mass is 235 g/mol. The minimum absolute atomic E-state index is 0. The molecule has 0 amide bonds. The first kappa shape index (κ1) is 17.6. The van der Waals surface area contributed by atoms with Crippen molar-refractivity contribution in [2.24, 2.45) is 5.73 Å². The third kappa shape index (κ3) is 5.19. The van der Waals surface area contributed by atoms with Crippen LogP contribution in [0.25, 0.3) is 0 Å². The van der Waals surface area contributed by atoms with Gasteiger partial charge in [-0.2, -0.15) is 0 Å². The molecule has 2 N–H and O–H groups in total. The Bertz CT molecular complexity index is 305. The molecule has 0 fully saturated rings. The average molecular weight is 236 g/mol. The molecule has 3 heteroatoms. The Morgan fingerprint density at radius 3 is 2.33 bits per heavy atom. The van der Waals surface area contributed by atoms with Gasteiger partial charge in [0.2, 0.25) is 0 Å². The van der Waals surface area contributed by atoms with E-state index >= 15 is 0 Å². The summed E-state index contributed by atoms with van der Waals surface area (Å²) in [4.78, 5) is 0. The van der Waals surface area contributed by atoms with E-state index in [1.165, 1.54) is 11.1 Å². The fourth-order valence-corrected chi connectivity index (χ4v) is 1.48. The molecule has 0 saturated heterocycles. The third-order valence-corrected chi connectivity index (χ3v) is 2.08. The fourth-order valence-electron chi connectivity index (χ4n) is 1.48. The summed E-state index contributed by atoms with van der Waals surface area (Å²) in [6, 6.07) is 8.25. The molecule has 0 unspecified atom stereocenters. The van der Waals surface area contributed by atoms with Crippen molar-refractivity contribution < 1.29 is 0 Å². The van der Waals surface area contributed by atoms with Crippen LogP contribution in [-0.2, 0) is 12.0 Å². The first-order chi connectivity index (χ1) is 6.05. The van der Waals surface area contributed by atoms with Crippen LogP contribution >= 0.6 is 12.4 Å². The van der Waals surface area contributed by atoms with Crippen LogP contribution in [0.5, 0.6) is 0 Å². The molecule has 1 aromatic carbocycles. The maximum atomic E-state index is 6.05. The SMILES string of the molecule is C=CCc1ccccc1C(C)(C)N.Cl.[NaH]. The topological polar surface area (TPSA) is 26.0 Å². The Morgan fingerprint density at radius 1 is 1.33 bits per heavy atom. The molecule has 0 saturated carbocycles. The predicted molar refractivity (Wildman–Crippen MR) is 72.0 cm³/mol. The molecule has 1 rings (SSSR count). The number of halogens is 1. The Morgan fingerprint density at radius 2 is 1.87 bits per heavy atom. The average Bonchev–Trinajstić information content (AvgIpc) is 2.04. The second-order valence-electron chi connectivity index (χ2n) is 3.87. The van der Waals surface area contributed by atoms with Gasteiger partial charge in [-0.25, -0.2) is 0 Å². The van der Waals surface area contributed by atoms with Crippen molar-refractivity contribution in [3.05, 3.63) is 48.0 Å². The fraction of sp³-hybridized carbons (Fsp3) is 0.333. The van der Waals surface area contributed by atoms with Crippen molar-refractivity contribution in [2.45, 2.75) is 25.8 Å². The molecular weight excluding hydrogens is 217 g/mol. The van der Waals surface area contributed by atoms with Gasteiger partial charge in [-0.1, -0.05) is 30.3 Å². The van der Waals surface area contributed by atoms with Gasteiger partial charge in [0.1, 0.15) is 0 Å². The van der Waals surface area contributed by atoms with E-state index in [-0.39, 0.29) is 47.5 Å². The first-order valence-corrected chi connectivity index (χ1v) is 4.54. The predicted octanol–water partition coefficient (Wildman–Crippen LogP) is 2.38. The van der Waals surface area contributed by atoms with Gasteiger partial charge >= 0.3 is 29.6 Å². The summed E-state index contributed by atoms with van der Waals surface area (Å²) in [6.07, 6.45) is 2.79. The molecule has 0 bridgehead atoms. The molecular formula is C12H19ClNNa. The number of hydrogen-bond acceptors (Lipinski definition) is 1. The van der Waals surface area contributed by atoms with Crippen molar-refractivity contribution in [3.8, 4) is 0 Å². The number of hydrogen-bond donors (Lipinski definition) is 1. The van der Waals surface area contributed by atoms with Crippen LogP contribution in [0.3, 0.4) is 0 Å². The zero-order chi connectivity index (χ0) is 9.90. The van der Waals surface area contributed by atoms with Crippen molar-refractivity contribution in [2.75, 3.05) is 0 Å². The van der Waals surface area contributed by atoms with Gasteiger partial charge in [0.15, 0.2) is 0 Å². The van der Waals surface area contributed by atoms with Crippen molar-refractivity contribution in [1.29, 1.82) is 0 Å². The Hall–Kier alpha value is 0.210. The van der Waals surface area contributed by atoms with Gasteiger partial charge < -0.3 is 5.73 Å². The van der Waals surface area contributed by atoms with E-state index in [4.69, 9.17) is 5.73 Å². The quantitative estimate of drug-likeness (QED) is 0.632. The van der Waals surface area contributed by atoms with Gasteiger partial charge in [0, 0.05) is 5.54 Å². The molecule has 0 radical (unpaired) electrons. The second kappa shape index (κ2) is 7.48. The van der Waals surface area contributed by atoms with Crippen LogP contribution in [-0.4, -0.2) is 29.6 Å². The molecule has 0 spiro atoms. The van der Waals surface area contributed by atoms with Gasteiger partial charge in [-0.3, -0.25) is 0 Å². The molecule has 0 heterocycles. The van der Waals surface area contributed by atoms with E-state index in [9.17, 15) is 0 Å². The van der Waals surface area contributed by atoms with E-state index in [1.54, 1.807) is 0 Å². The normalized spacial score (nSPS) is 9.80. The Balaban J connectivity index is 0. The number of benzene rings is 1. The second-order valence-corrected chi connectivity index (χ2v) is 3.87. The molecule has 0 aliphatic rings. The van der Waals surface area contributed by atoms with Crippen LogP contribution in [0.1, 0.15) is 25.0 Å². The van der Waals surface area contributed by atoms with Gasteiger partial charge in [-0.05, 0) is 31.4 Å². The van der Waals surface area contributed by atoms with E-state index in [1.807, 2.05) is 32.1 Å². The number of nitrogens with two attached hydrogens (primary N) is 1. The van der Waals surface area contributed by atoms with Crippen LogP contribution in [0, 0.1) is 0 Å². The van der Waals surface area contributed by atoms with Crippen LogP contribution < -0.4 is 5.73 Å². The van der Waals surface area contributed by atoms with Gasteiger partial charge in [0.25, 0.3) is 0 Å². The van der Waals surface area contributed by atoms with E-state index < -0.39 is 0 Å². The summed E-state index contributed by atoms with van der Waals surface area (Å²) >= 11 is 0.